The molecule has 2 aromatic carbocycles. The number of amides is 3. The van der Waals surface area contributed by atoms with Crippen LogP contribution in [0.4, 0.5) is 24.2 Å². The second kappa shape index (κ2) is 11.2. The number of carbonyl (C=O) groups is 2. The van der Waals surface area contributed by atoms with Gasteiger partial charge in [-0.1, -0.05) is 49.7 Å². The molecular formula is C24H26F2N4O3. The molecule has 7 nitrogen and oxygen atoms in total. The average Bonchev–Trinajstić information content (AvgIpc) is 2.82. The molecule has 2 N–H and O–H groups in total. The highest BCUT2D eigenvalue weighted by atomic mass is 19.2. The third-order valence-corrected chi connectivity index (χ3v) is 5.22. The predicted octanol–water partition coefficient (Wildman–Crippen LogP) is 5.07. The number of urea groups is 1. The van der Waals surface area contributed by atoms with Gasteiger partial charge in [0.05, 0.1) is 6.04 Å². The predicted molar refractivity (Wildman–Crippen MR) is 122 cm³/mol. The number of carbonyl (C=O) groups excluding carboxylic acids is 2. The smallest absolute Gasteiger partial charge is 0.412 e. The van der Waals surface area contributed by atoms with Crippen LogP contribution in [0.1, 0.15) is 25.3 Å². The Morgan fingerprint density at radius 1 is 1.12 bits per heavy atom. The van der Waals surface area contributed by atoms with Crippen molar-refractivity contribution in [2.24, 2.45) is 0 Å². The van der Waals surface area contributed by atoms with E-state index in [0.717, 1.165) is 23.3 Å². The zero-order valence-corrected chi connectivity index (χ0v) is 18.5. The quantitative estimate of drug-likeness (QED) is 0.496. The summed E-state index contributed by atoms with van der Waals surface area (Å²) in [7, 11) is 1.56. The van der Waals surface area contributed by atoms with Gasteiger partial charge >= 0.3 is 12.1 Å². The van der Waals surface area contributed by atoms with Crippen LogP contribution >= 0.6 is 0 Å². The third-order valence-electron chi connectivity index (χ3n) is 5.22. The van der Waals surface area contributed by atoms with E-state index in [9.17, 15) is 18.4 Å². The normalized spacial score (nSPS) is 11.6. The van der Waals surface area contributed by atoms with Crippen molar-refractivity contribution < 1.29 is 23.1 Å². The molecule has 1 heterocycles. The molecule has 0 unspecified atom stereocenters. The molecule has 0 spiro atoms. The lowest BCUT2D eigenvalue weighted by atomic mass is 10.1. The van der Waals surface area contributed by atoms with E-state index in [1.54, 1.807) is 19.3 Å². The number of nitrogens with one attached hydrogen (secondary N) is 2. The number of benzene rings is 2. The molecule has 0 fully saturated rings. The molecule has 1 atom stereocenters. The fourth-order valence-corrected chi connectivity index (χ4v) is 3.33. The Balaban J connectivity index is 1.54. The summed E-state index contributed by atoms with van der Waals surface area (Å²) in [5.74, 6) is -1.61. The van der Waals surface area contributed by atoms with Crippen molar-refractivity contribution in [3.63, 3.8) is 0 Å². The zero-order chi connectivity index (χ0) is 23.8. The Kier molecular flexibility index (Phi) is 8.12. The van der Waals surface area contributed by atoms with Gasteiger partial charge in [0.2, 0.25) is 0 Å². The van der Waals surface area contributed by atoms with Crippen molar-refractivity contribution in [3.8, 4) is 0 Å². The van der Waals surface area contributed by atoms with Crippen molar-refractivity contribution >= 4 is 28.7 Å². The molecule has 33 heavy (non-hydrogen) atoms. The molecule has 1 aromatic heterocycles. The van der Waals surface area contributed by atoms with E-state index < -0.39 is 29.8 Å². The minimum atomic E-state index is -0.993. The van der Waals surface area contributed by atoms with E-state index in [0.29, 0.717) is 12.2 Å². The van der Waals surface area contributed by atoms with Crippen LogP contribution in [0, 0.1) is 11.6 Å². The number of hydrogen-bond acceptors (Lipinski definition) is 4. The zero-order valence-electron chi connectivity index (χ0n) is 18.5. The minimum absolute atomic E-state index is 0.0362. The molecule has 0 aliphatic rings. The van der Waals surface area contributed by atoms with Gasteiger partial charge in [-0.15, -0.1) is 0 Å². The van der Waals surface area contributed by atoms with Gasteiger partial charge in [-0.05, 0) is 23.9 Å². The monoisotopic (exact) mass is 456 g/mol. The van der Waals surface area contributed by atoms with Crippen molar-refractivity contribution in [1.82, 2.24) is 15.2 Å². The largest absolute Gasteiger partial charge is 0.447 e. The van der Waals surface area contributed by atoms with Crippen LogP contribution in [-0.4, -0.2) is 41.7 Å². The van der Waals surface area contributed by atoms with Crippen LogP contribution < -0.4 is 10.6 Å². The van der Waals surface area contributed by atoms with Crippen molar-refractivity contribution in [2.45, 2.75) is 32.4 Å². The first-order valence-corrected chi connectivity index (χ1v) is 10.6. The van der Waals surface area contributed by atoms with Gasteiger partial charge in [0.15, 0.2) is 11.6 Å². The van der Waals surface area contributed by atoms with Crippen LogP contribution in [0.25, 0.3) is 10.8 Å². The number of likely N-dealkylation sites (N-methyl/N-ethyl adjacent to an activating group) is 1. The molecule has 0 saturated carbocycles. The van der Waals surface area contributed by atoms with E-state index >= 15 is 0 Å². The molecule has 3 rings (SSSR count). The van der Waals surface area contributed by atoms with E-state index in [1.807, 2.05) is 31.2 Å². The molecular weight excluding hydrogens is 430 g/mol. The standard InChI is InChI=1S/C24H26F2N4O3/c1-3-7-19(30(2)23(31)28-14-18-10-6-11-20(25)22(18)26)15-33-24(32)29-21-12-16-8-4-5-9-17(16)13-27-21/h4-6,8-13,19H,3,7,14-15H2,1-2H3,(H,28,31)(H,27,29,32)/t19-/m0/s1. The lowest BCUT2D eigenvalue weighted by Crippen LogP contribution is -2.45. The van der Waals surface area contributed by atoms with Crippen LogP contribution in [0.15, 0.2) is 54.7 Å². The number of nitrogens with zero attached hydrogens (tertiary/aromatic N) is 2. The highest BCUT2D eigenvalue weighted by Gasteiger charge is 2.21. The molecule has 0 aliphatic heterocycles. The summed E-state index contributed by atoms with van der Waals surface area (Å²) in [6.07, 6.45) is 2.30. The summed E-state index contributed by atoms with van der Waals surface area (Å²) < 4.78 is 32.5. The first kappa shape index (κ1) is 23.9. The summed E-state index contributed by atoms with van der Waals surface area (Å²) in [6, 6.07) is 12.3. The van der Waals surface area contributed by atoms with Gasteiger partial charge in [-0.25, -0.2) is 23.4 Å². The Morgan fingerprint density at radius 2 is 1.88 bits per heavy atom. The minimum Gasteiger partial charge on any atom is -0.447 e. The maximum Gasteiger partial charge on any atom is 0.412 e. The molecule has 3 aromatic rings. The number of ether oxygens (including phenoxy) is 1. The van der Waals surface area contributed by atoms with E-state index in [4.69, 9.17) is 4.74 Å². The maximum absolute atomic E-state index is 13.8. The summed E-state index contributed by atoms with van der Waals surface area (Å²) in [6.45, 7) is 1.74. The highest BCUT2D eigenvalue weighted by Crippen LogP contribution is 2.16. The summed E-state index contributed by atoms with van der Waals surface area (Å²) in [5.41, 5.74) is 0.0438. The SMILES string of the molecule is CCC[C@@H](COC(=O)Nc1cc2ccccc2cn1)N(C)C(=O)NCc1cccc(F)c1F. The van der Waals surface area contributed by atoms with Crippen molar-refractivity contribution in [2.75, 3.05) is 19.0 Å². The van der Waals surface area contributed by atoms with Gasteiger partial charge in [-0.3, -0.25) is 5.32 Å². The van der Waals surface area contributed by atoms with Gasteiger partial charge in [0, 0.05) is 30.7 Å². The van der Waals surface area contributed by atoms with Crippen molar-refractivity contribution in [3.05, 3.63) is 71.9 Å². The highest BCUT2D eigenvalue weighted by molar-refractivity contribution is 5.89. The lowest BCUT2D eigenvalue weighted by Gasteiger charge is -2.28. The van der Waals surface area contributed by atoms with Gasteiger partial charge in [0.25, 0.3) is 0 Å². The second-order valence-electron chi connectivity index (χ2n) is 7.57. The lowest BCUT2D eigenvalue weighted by molar-refractivity contribution is 0.113. The third kappa shape index (κ3) is 6.38. The first-order chi connectivity index (χ1) is 15.9. The first-order valence-electron chi connectivity index (χ1n) is 10.6. The number of aromatic nitrogens is 1. The average molecular weight is 456 g/mol. The van der Waals surface area contributed by atoms with Gasteiger partial charge < -0.3 is 15.0 Å². The molecule has 0 radical (unpaired) electrons. The van der Waals surface area contributed by atoms with Crippen molar-refractivity contribution in [1.29, 1.82) is 0 Å². The number of anilines is 1. The summed E-state index contributed by atoms with van der Waals surface area (Å²) in [5, 5.41) is 7.03. The van der Waals surface area contributed by atoms with E-state index in [2.05, 4.69) is 15.6 Å². The topological polar surface area (TPSA) is 83.6 Å². The summed E-state index contributed by atoms with van der Waals surface area (Å²) in [4.78, 5) is 30.4. The Hall–Kier alpha value is -3.75. The Morgan fingerprint density at radius 3 is 2.64 bits per heavy atom. The van der Waals surface area contributed by atoms with Crippen LogP contribution in [0.5, 0.6) is 0 Å². The fraction of sp³-hybridized carbons (Fsp3) is 0.292. The van der Waals surface area contributed by atoms with Gasteiger partial charge in [0.1, 0.15) is 12.4 Å². The Bertz CT molecular complexity index is 1130. The molecule has 0 saturated heterocycles. The second-order valence-corrected chi connectivity index (χ2v) is 7.57. The molecule has 3 amide bonds. The summed E-state index contributed by atoms with van der Waals surface area (Å²) >= 11 is 0. The fourth-order valence-electron chi connectivity index (χ4n) is 3.33. The number of rotatable bonds is 8. The van der Waals surface area contributed by atoms with Crippen LogP contribution in [-0.2, 0) is 11.3 Å². The molecule has 174 valence electrons. The molecule has 9 heteroatoms. The number of pyridine rings is 1. The Labute approximate surface area is 190 Å². The number of hydrogen-bond donors (Lipinski definition) is 2. The number of halogens is 2. The van der Waals surface area contributed by atoms with E-state index in [-0.39, 0.29) is 18.7 Å². The van der Waals surface area contributed by atoms with Crippen LogP contribution in [0.2, 0.25) is 0 Å². The van der Waals surface area contributed by atoms with E-state index in [1.165, 1.54) is 17.0 Å². The van der Waals surface area contributed by atoms with Crippen LogP contribution in [0.3, 0.4) is 0 Å². The van der Waals surface area contributed by atoms with Gasteiger partial charge in [-0.2, -0.15) is 0 Å². The molecule has 0 bridgehead atoms. The molecule has 0 aliphatic carbocycles. The number of fused-ring (bicyclic) bond motifs is 1. The maximum atomic E-state index is 13.8.